The number of primary sulfonamides is 1. The van der Waals surface area contributed by atoms with Crippen molar-refractivity contribution in [1.82, 2.24) is 5.32 Å². The van der Waals surface area contributed by atoms with Crippen molar-refractivity contribution in [1.29, 1.82) is 0 Å². The van der Waals surface area contributed by atoms with Gasteiger partial charge in [0.15, 0.2) is 0 Å². The zero-order valence-electron chi connectivity index (χ0n) is 7.82. The van der Waals surface area contributed by atoms with Gasteiger partial charge in [-0.3, -0.25) is 4.79 Å². The molecular formula is C8H9BrN2O3S. The molecule has 3 N–H and O–H groups in total. The van der Waals surface area contributed by atoms with Gasteiger partial charge in [0.05, 0.1) is 4.90 Å². The second-order valence-corrected chi connectivity index (χ2v) is 5.28. The van der Waals surface area contributed by atoms with Crippen molar-refractivity contribution in [3.05, 3.63) is 28.2 Å². The number of halogens is 1. The Kier molecular flexibility index (Phi) is 3.48. The number of nitrogens with one attached hydrogen (secondary N) is 1. The third-order valence-electron chi connectivity index (χ3n) is 1.69. The summed E-state index contributed by atoms with van der Waals surface area (Å²) in [5.41, 5.74) is 0.232. The van der Waals surface area contributed by atoms with E-state index in [1.807, 2.05) is 0 Å². The number of nitrogens with two attached hydrogens (primary N) is 1. The molecule has 0 aliphatic rings. The quantitative estimate of drug-likeness (QED) is 0.830. The van der Waals surface area contributed by atoms with Crippen molar-refractivity contribution < 1.29 is 13.2 Å². The Morgan fingerprint density at radius 1 is 1.40 bits per heavy atom. The van der Waals surface area contributed by atoms with Crippen LogP contribution in [-0.4, -0.2) is 21.4 Å². The maximum Gasteiger partial charge on any atom is 0.251 e. The molecule has 1 aromatic rings. The Morgan fingerprint density at radius 2 is 2.00 bits per heavy atom. The van der Waals surface area contributed by atoms with E-state index in [2.05, 4.69) is 21.2 Å². The van der Waals surface area contributed by atoms with Gasteiger partial charge in [-0.05, 0) is 18.2 Å². The molecule has 1 aromatic carbocycles. The smallest absolute Gasteiger partial charge is 0.251 e. The molecule has 0 heterocycles. The molecule has 0 radical (unpaired) electrons. The topological polar surface area (TPSA) is 89.3 Å². The van der Waals surface area contributed by atoms with Gasteiger partial charge in [-0.1, -0.05) is 15.9 Å². The van der Waals surface area contributed by atoms with Gasteiger partial charge in [0.1, 0.15) is 0 Å². The molecule has 1 rings (SSSR count). The van der Waals surface area contributed by atoms with Crippen LogP contribution in [0, 0.1) is 0 Å². The fraction of sp³-hybridized carbons (Fsp3) is 0.125. The fourth-order valence-electron chi connectivity index (χ4n) is 1.00. The van der Waals surface area contributed by atoms with Crippen LogP contribution in [0.4, 0.5) is 0 Å². The van der Waals surface area contributed by atoms with Crippen LogP contribution in [0.25, 0.3) is 0 Å². The number of rotatable bonds is 2. The monoisotopic (exact) mass is 292 g/mol. The number of sulfonamides is 1. The summed E-state index contributed by atoms with van der Waals surface area (Å²) in [5.74, 6) is -0.374. The average Bonchev–Trinajstić information content (AvgIpc) is 2.14. The summed E-state index contributed by atoms with van der Waals surface area (Å²) in [5, 5.41) is 7.35. The zero-order chi connectivity index (χ0) is 11.6. The highest BCUT2D eigenvalue weighted by molar-refractivity contribution is 9.10. The van der Waals surface area contributed by atoms with Gasteiger partial charge in [0.25, 0.3) is 5.91 Å². The first-order valence-corrected chi connectivity index (χ1v) is 6.24. The second-order valence-electron chi connectivity index (χ2n) is 2.80. The van der Waals surface area contributed by atoms with Gasteiger partial charge in [0, 0.05) is 17.1 Å². The van der Waals surface area contributed by atoms with Gasteiger partial charge in [-0.15, -0.1) is 0 Å². The highest BCUT2D eigenvalue weighted by Crippen LogP contribution is 2.18. The lowest BCUT2D eigenvalue weighted by Crippen LogP contribution is -2.19. The van der Waals surface area contributed by atoms with Crippen molar-refractivity contribution in [2.45, 2.75) is 4.90 Å². The van der Waals surface area contributed by atoms with Crippen LogP contribution in [-0.2, 0) is 10.0 Å². The van der Waals surface area contributed by atoms with Gasteiger partial charge in [0.2, 0.25) is 10.0 Å². The van der Waals surface area contributed by atoms with Crippen molar-refractivity contribution in [3.8, 4) is 0 Å². The standard InChI is InChI=1S/C8H9BrN2O3S/c1-11-8(12)5-2-6(9)4-7(3-5)15(10,13)14/h2-4H,1H3,(H,11,12)(H2,10,13,14). The van der Waals surface area contributed by atoms with E-state index in [1.54, 1.807) is 0 Å². The van der Waals surface area contributed by atoms with E-state index in [4.69, 9.17) is 5.14 Å². The van der Waals surface area contributed by atoms with Crippen LogP contribution in [0.3, 0.4) is 0 Å². The summed E-state index contributed by atoms with van der Waals surface area (Å²) in [7, 11) is -2.34. The number of amides is 1. The summed E-state index contributed by atoms with van der Waals surface area (Å²) in [4.78, 5) is 11.2. The largest absolute Gasteiger partial charge is 0.355 e. The van der Waals surface area contributed by atoms with E-state index in [9.17, 15) is 13.2 Å². The van der Waals surface area contributed by atoms with Crippen molar-refractivity contribution >= 4 is 31.9 Å². The normalized spacial score (nSPS) is 11.1. The van der Waals surface area contributed by atoms with E-state index in [0.717, 1.165) is 0 Å². The van der Waals surface area contributed by atoms with E-state index in [1.165, 1.54) is 25.2 Å². The Hall–Kier alpha value is -0.920. The van der Waals surface area contributed by atoms with Crippen LogP contribution in [0.1, 0.15) is 10.4 Å². The molecule has 1 amide bonds. The molecule has 0 fully saturated rings. The maximum atomic E-state index is 11.3. The highest BCUT2D eigenvalue weighted by Gasteiger charge is 2.12. The molecule has 0 saturated heterocycles. The summed E-state index contributed by atoms with van der Waals surface area (Å²) >= 11 is 3.10. The van der Waals surface area contributed by atoms with Crippen molar-refractivity contribution in [3.63, 3.8) is 0 Å². The zero-order valence-corrected chi connectivity index (χ0v) is 10.2. The van der Waals surface area contributed by atoms with Crippen molar-refractivity contribution in [2.75, 3.05) is 7.05 Å². The first kappa shape index (κ1) is 12.2. The predicted octanol–water partition coefficient (Wildman–Crippen LogP) is 0.456. The lowest BCUT2D eigenvalue weighted by molar-refractivity contribution is 0.0963. The van der Waals surface area contributed by atoms with E-state index < -0.39 is 10.0 Å². The number of carbonyl (C=O) groups is 1. The molecule has 5 nitrogen and oxygen atoms in total. The molecule has 7 heteroatoms. The Labute approximate surface area is 95.8 Å². The second kappa shape index (κ2) is 4.30. The van der Waals surface area contributed by atoms with Gasteiger partial charge < -0.3 is 5.32 Å². The molecule has 0 aromatic heterocycles. The lowest BCUT2D eigenvalue weighted by Gasteiger charge is -2.04. The third kappa shape index (κ3) is 3.01. The van der Waals surface area contributed by atoms with Crippen molar-refractivity contribution in [2.24, 2.45) is 5.14 Å². The first-order valence-electron chi connectivity index (χ1n) is 3.90. The fourth-order valence-corrected chi connectivity index (χ4v) is 2.23. The summed E-state index contributed by atoms with van der Waals surface area (Å²) < 4.78 is 22.6. The molecule has 15 heavy (non-hydrogen) atoms. The summed E-state index contributed by atoms with van der Waals surface area (Å²) in [6, 6.07) is 4.06. The van der Waals surface area contributed by atoms with Crippen LogP contribution in [0.5, 0.6) is 0 Å². The van der Waals surface area contributed by atoms with E-state index in [0.29, 0.717) is 4.47 Å². The number of carbonyl (C=O) groups excluding carboxylic acids is 1. The molecule has 0 aliphatic heterocycles. The number of hydrogen-bond donors (Lipinski definition) is 2. The van der Waals surface area contributed by atoms with Gasteiger partial charge in [-0.25, -0.2) is 13.6 Å². The third-order valence-corrected chi connectivity index (χ3v) is 3.04. The predicted molar refractivity (Wildman–Crippen MR) is 58.9 cm³/mol. The molecule has 0 spiro atoms. The SMILES string of the molecule is CNC(=O)c1cc(Br)cc(S(N)(=O)=O)c1. The molecule has 82 valence electrons. The first-order chi connectivity index (χ1) is 6.84. The number of benzene rings is 1. The molecule has 0 unspecified atom stereocenters. The minimum atomic E-state index is -3.80. The van der Waals surface area contributed by atoms with Crippen LogP contribution in [0.15, 0.2) is 27.6 Å². The molecular weight excluding hydrogens is 284 g/mol. The Morgan fingerprint density at radius 3 is 2.47 bits per heavy atom. The molecule has 0 bridgehead atoms. The Balaban J connectivity index is 3.35. The van der Waals surface area contributed by atoms with Gasteiger partial charge >= 0.3 is 0 Å². The van der Waals surface area contributed by atoms with E-state index in [-0.39, 0.29) is 16.4 Å². The van der Waals surface area contributed by atoms with Gasteiger partial charge in [-0.2, -0.15) is 0 Å². The summed E-state index contributed by atoms with van der Waals surface area (Å²) in [6.45, 7) is 0. The van der Waals surface area contributed by atoms with E-state index >= 15 is 0 Å². The average molecular weight is 293 g/mol. The maximum absolute atomic E-state index is 11.3. The minimum Gasteiger partial charge on any atom is -0.355 e. The lowest BCUT2D eigenvalue weighted by atomic mass is 10.2. The van der Waals surface area contributed by atoms with Crippen LogP contribution in [0.2, 0.25) is 0 Å². The molecule has 0 saturated carbocycles. The van der Waals surface area contributed by atoms with Crippen LogP contribution < -0.4 is 10.5 Å². The molecule has 0 aliphatic carbocycles. The minimum absolute atomic E-state index is 0.101. The summed E-state index contributed by atoms with van der Waals surface area (Å²) in [6.07, 6.45) is 0. The highest BCUT2D eigenvalue weighted by atomic mass is 79.9. The van der Waals surface area contributed by atoms with Crippen LogP contribution >= 0.6 is 15.9 Å². The Bertz CT molecular complexity index is 499. The molecule has 0 atom stereocenters. The number of hydrogen-bond acceptors (Lipinski definition) is 3.